The topological polar surface area (TPSA) is 110 Å². The van der Waals surface area contributed by atoms with E-state index >= 15 is 0 Å². The zero-order chi connectivity index (χ0) is 15.2. The van der Waals surface area contributed by atoms with Crippen LogP contribution in [0.25, 0.3) is 0 Å². The van der Waals surface area contributed by atoms with Crippen molar-refractivity contribution in [1.29, 1.82) is 0 Å². The summed E-state index contributed by atoms with van der Waals surface area (Å²) in [6, 6.07) is 1.37. The summed E-state index contributed by atoms with van der Waals surface area (Å²) in [5.41, 5.74) is -0.394. The van der Waals surface area contributed by atoms with Crippen LogP contribution in [0.3, 0.4) is 0 Å². The molecule has 0 saturated heterocycles. The molecular formula is C12H13N5O3S. The third kappa shape index (κ3) is 3.72. The molecular weight excluding hydrogens is 294 g/mol. The van der Waals surface area contributed by atoms with Crippen LogP contribution in [-0.2, 0) is 0 Å². The highest BCUT2D eigenvalue weighted by molar-refractivity contribution is 7.13. The fraction of sp³-hybridized carbons (Fsp3) is 0.250. The van der Waals surface area contributed by atoms with E-state index in [2.05, 4.69) is 20.6 Å². The first-order valence-corrected chi connectivity index (χ1v) is 7.09. The van der Waals surface area contributed by atoms with Gasteiger partial charge in [-0.1, -0.05) is 6.92 Å². The highest BCUT2D eigenvalue weighted by atomic mass is 32.1. The predicted octanol–water partition coefficient (Wildman–Crippen LogP) is 2.52. The second-order valence-electron chi connectivity index (χ2n) is 4.06. The second-order valence-corrected chi connectivity index (χ2v) is 4.96. The number of carbonyl (C=O) groups is 1. The second kappa shape index (κ2) is 6.75. The molecule has 0 fully saturated rings. The van der Waals surface area contributed by atoms with Gasteiger partial charge in [0, 0.05) is 24.2 Å². The monoisotopic (exact) mass is 307 g/mol. The SMILES string of the molecule is CCCNc1cc(C(=O)Nc2nccs2)c([N+](=O)[O-])cn1. The van der Waals surface area contributed by atoms with Gasteiger partial charge in [0.25, 0.3) is 11.6 Å². The van der Waals surface area contributed by atoms with Gasteiger partial charge in [0.05, 0.1) is 4.92 Å². The Kier molecular flexibility index (Phi) is 4.77. The molecule has 2 aromatic heterocycles. The van der Waals surface area contributed by atoms with Crippen molar-refractivity contribution in [2.45, 2.75) is 13.3 Å². The molecule has 0 unspecified atom stereocenters. The standard InChI is InChI=1S/C12H13N5O3S/c1-2-3-13-10-6-8(9(7-15-10)17(19)20)11(18)16-12-14-4-5-21-12/h4-7H,2-3H2,1H3,(H,13,15)(H,14,16,18). The van der Waals surface area contributed by atoms with Crippen LogP contribution in [0, 0.1) is 10.1 Å². The van der Waals surface area contributed by atoms with E-state index in [1.54, 1.807) is 5.38 Å². The van der Waals surface area contributed by atoms with E-state index in [1.165, 1.54) is 23.6 Å². The smallest absolute Gasteiger partial charge is 0.300 e. The van der Waals surface area contributed by atoms with Gasteiger partial charge in [0.1, 0.15) is 17.6 Å². The van der Waals surface area contributed by atoms with E-state index in [9.17, 15) is 14.9 Å². The number of nitro groups is 1. The van der Waals surface area contributed by atoms with E-state index in [-0.39, 0.29) is 11.3 Å². The maximum atomic E-state index is 12.2. The molecule has 0 aliphatic carbocycles. The number of pyridine rings is 1. The molecule has 1 amide bonds. The van der Waals surface area contributed by atoms with Gasteiger partial charge in [-0.3, -0.25) is 20.2 Å². The van der Waals surface area contributed by atoms with Gasteiger partial charge in [-0.05, 0) is 6.42 Å². The molecule has 0 aromatic carbocycles. The summed E-state index contributed by atoms with van der Waals surface area (Å²) < 4.78 is 0. The molecule has 0 radical (unpaired) electrons. The number of nitrogens with zero attached hydrogens (tertiary/aromatic N) is 3. The molecule has 2 aromatic rings. The highest BCUT2D eigenvalue weighted by Crippen LogP contribution is 2.22. The van der Waals surface area contributed by atoms with Crippen LogP contribution in [0.15, 0.2) is 23.8 Å². The van der Waals surface area contributed by atoms with Crippen LogP contribution in [0.2, 0.25) is 0 Å². The minimum absolute atomic E-state index is 0.0520. The van der Waals surface area contributed by atoms with Crippen LogP contribution in [-0.4, -0.2) is 27.3 Å². The van der Waals surface area contributed by atoms with Crippen molar-refractivity contribution in [3.63, 3.8) is 0 Å². The lowest BCUT2D eigenvalue weighted by Crippen LogP contribution is -2.15. The van der Waals surface area contributed by atoms with Crippen LogP contribution < -0.4 is 10.6 Å². The Labute approximate surface area is 124 Å². The third-order valence-electron chi connectivity index (χ3n) is 2.53. The summed E-state index contributed by atoms with van der Waals surface area (Å²) in [7, 11) is 0. The Balaban J connectivity index is 2.29. The summed E-state index contributed by atoms with van der Waals surface area (Å²) in [4.78, 5) is 30.4. The van der Waals surface area contributed by atoms with Gasteiger partial charge in [0.15, 0.2) is 5.13 Å². The molecule has 8 nitrogen and oxygen atoms in total. The van der Waals surface area contributed by atoms with Crippen molar-refractivity contribution in [3.05, 3.63) is 39.5 Å². The van der Waals surface area contributed by atoms with Gasteiger partial charge in [0.2, 0.25) is 0 Å². The predicted molar refractivity (Wildman–Crippen MR) is 79.7 cm³/mol. The number of nitrogens with one attached hydrogen (secondary N) is 2. The molecule has 110 valence electrons. The first kappa shape index (κ1) is 14.9. The van der Waals surface area contributed by atoms with Crippen molar-refractivity contribution in [3.8, 4) is 0 Å². The van der Waals surface area contributed by atoms with Gasteiger partial charge < -0.3 is 5.32 Å². The number of hydrogen-bond acceptors (Lipinski definition) is 7. The number of anilines is 2. The van der Waals surface area contributed by atoms with E-state index in [0.29, 0.717) is 17.5 Å². The first-order chi connectivity index (χ1) is 10.1. The van der Waals surface area contributed by atoms with Crippen LogP contribution in [0.1, 0.15) is 23.7 Å². The van der Waals surface area contributed by atoms with Crippen molar-refractivity contribution < 1.29 is 9.72 Å². The van der Waals surface area contributed by atoms with Gasteiger partial charge in [-0.2, -0.15) is 0 Å². The van der Waals surface area contributed by atoms with Crippen LogP contribution in [0.4, 0.5) is 16.6 Å². The molecule has 2 heterocycles. The molecule has 2 N–H and O–H groups in total. The van der Waals surface area contributed by atoms with E-state index in [0.717, 1.165) is 12.6 Å². The Morgan fingerprint density at radius 2 is 2.29 bits per heavy atom. The summed E-state index contributed by atoms with van der Waals surface area (Å²) in [5, 5.41) is 18.6. The fourth-order valence-electron chi connectivity index (χ4n) is 1.57. The maximum absolute atomic E-state index is 12.2. The number of carbonyl (C=O) groups excluding carboxylic acids is 1. The quantitative estimate of drug-likeness (QED) is 0.626. The van der Waals surface area contributed by atoms with Gasteiger partial charge >= 0.3 is 0 Å². The summed E-state index contributed by atoms with van der Waals surface area (Å²) in [6.45, 7) is 2.65. The number of hydrogen-bond donors (Lipinski definition) is 2. The zero-order valence-electron chi connectivity index (χ0n) is 11.2. The third-order valence-corrected chi connectivity index (χ3v) is 3.22. The number of thiazole rings is 1. The van der Waals surface area contributed by atoms with E-state index in [4.69, 9.17) is 0 Å². The lowest BCUT2D eigenvalue weighted by atomic mass is 10.2. The summed E-state index contributed by atoms with van der Waals surface area (Å²) >= 11 is 1.23. The van der Waals surface area contributed by atoms with Gasteiger partial charge in [-0.25, -0.2) is 9.97 Å². The lowest BCUT2D eigenvalue weighted by Gasteiger charge is -2.07. The van der Waals surface area contributed by atoms with Crippen molar-refractivity contribution in [2.24, 2.45) is 0 Å². The average molecular weight is 307 g/mol. The average Bonchev–Trinajstić information content (AvgIpc) is 2.97. The zero-order valence-corrected chi connectivity index (χ0v) is 12.0. The number of aromatic nitrogens is 2. The maximum Gasteiger partial charge on any atom is 0.300 e. The number of amides is 1. The molecule has 0 aliphatic rings. The molecule has 21 heavy (non-hydrogen) atoms. The first-order valence-electron chi connectivity index (χ1n) is 6.21. The Morgan fingerprint density at radius 1 is 1.48 bits per heavy atom. The summed E-state index contributed by atoms with van der Waals surface area (Å²) in [5.74, 6) is -0.162. The molecule has 9 heteroatoms. The Hall–Kier alpha value is -2.55. The minimum Gasteiger partial charge on any atom is -0.370 e. The highest BCUT2D eigenvalue weighted by Gasteiger charge is 2.22. The fourth-order valence-corrected chi connectivity index (χ4v) is 2.10. The number of rotatable bonds is 6. The molecule has 0 spiro atoms. The van der Waals surface area contributed by atoms with Crippen molar-refractivity contribution >= 4 is 33.9 Å². The minimum atomic E-state index is -0.632. The van der Waals surface area contributed by atoms with Crippen LogP contribution in [0.5, 0.6) is 0 Å². The molecule has 0 atom stereocenters. The lowest BCUT2D eigenvalue weighted by molar-refractivity contribution is -0.385. The Bertz CT molecular complexity index is 644. The summed E-state index contributed by atoms with van der Waals surface area (Å²) in [6.07, 6.45) is 3.49. The van der Waals surface area contributed by atoms with E-state index < -0.39 is 10.8 Å². The molecule has 0 saturated carbocycles. The van der Waals surface area contributed by atoms with Crippen LogP contribution >= 0.6 is 11.3 Å². The largest absolute Gasteiger partial charge is 0.370 e. The van der Waals surface area contributed by atoms with E-state index in [1.807, 2.05) is 6.92 Å². The molecule has 2 rings (SSSR count). The van der Waals surface area contributed by atoms with Gasteiger partial charge in [-0.15, -0.1) is 11.3 Å². The molecule has 0 aliphatic heterocycles. The van der Waals surface area contributed by atoms with Crippen molar-refractivity contribution in [1.82, 2.24) is 9.97 Å². The Morgan fingerprint density at radius 3 is 2.90 bits per heavy atom. The normalized spacial score (nSPS) is 10.1. The molecule has 0 bridgehead atoms. The van der Waals surface area contributed by atoms with Crippen molar-refractivity contribution in [2.75, 3.05) is 17.2 Å².